The number of hydrogen-bond donors (Lipinski definition) is 0. The average Bonchev–Trinajstić information content (AvgIpc) is 3.51. The van der Waals surface area contributed by atoms with Gasteiger partial charge in [-0.05, 0) is 182 Å². The molecule has 0 aliphatic carbocycles. The molecule has 0 aliphatic rings. The minimum absolute atomic E-state index is 1.02. The lowest BCUT2D eigenvalue weighted by atomic mass is 10.2. The smallest absolute Gasteiger partial charge is 0.0482 e. The zero-order chi connectivity index (χ0) is 52.0. The van der Waals surface area contributed by atoms with Gasteiger partial charge in [0.2, 0.25) is 0 Å². The molecule has 6 heteroatoms. The Balaban J connectivity index is 1.27. The van der Waals surface area contributed by atoms with Crippen molar-refractivity contribution in [1.82, 2.24) is 27.4 Å². The first kappa shape index (κ1) is 47.2. The monoisotopic (exact) mass is 1000 g/mol. The number of benzene rings is 12. The van der Waals surface area contributed by atoms with Gasteiger partial charge in [0.15, 0.2) is 0 Å². The molecule has 1 aromatic heterocycles. The highest BCUT2D eigenvalue weighted by Gasteiger charge is 2.10. The molecule has 78 heavy (non-hydrogen) atoms. The molecular weight excluding hydrogens is 949 g/mol. The van der Waals surface area contributed by atoms with Gasteiger partial charge in [0, 0.05) is 100 Å². The third-order valence-corrected chi connectivity index (χ3v) is 14.2. The van der Waals surface area contributed by atoms with Crippen LogP contribution < -0.4 is 0 Å². The Hall–Kier alpha value is -10.6. The molecule has 12 aromatic carbocycles. The molecule has 0 N–H and O–H groups in total. The van der Waals surface area contributed by atoms with Crippen molar-refractivity contribution in [3.63, 3.8) is 0 Å². The molecule has 0 saturated carbocycles. The lowest BCUT2D eigenvalue weighted by Crippen LogP contribution is -2.02. The maximum absolute atomic E-state index is 2.36. The molecule has 12 bridgehead atoms. The Morgan fingerprint density at radius 3 is 0.346 bits per heavy atom. The molecule has 1 heterocycles. The molecule has 0 fully saturated rings. The second-order valence-electron chi connectivity index (χ2n) is 19.1. The minimum Gasteiger partial charge on any atom is -0.310 e. The summed E-state index contributed by atoms with van der Waals surface area (Å²) in [5.41, 5.74) is 18.5. The molecule has 0 unspecified atom stereocenters. The van der Waals surface area contributed by atoms with Crippen molar-refractivity contribution in [2.45, 2.75) is 0 Å². The van der Waals surface area contributed by atoms with E-state index in [9.17, 15) is 0 Å². The number of aromatic nitrogens is 6. The van der Waals surface area contributed by atoms with E-state index in [1.54, 1.807) is 0 Å². The van der Waals surface area contributed by atoms with Crippen LogP contribution >= 0.6 is 0 Å². The average molecular weight is 1000 g/mol. The molecule has 13 aromatic rings. The van der Waals surface area contributed by atoms with Crippen molar-refractivity contribution in [2.75, 3.05) is 0 Å². The maximum Gasteiger partial charge on any atom is 0.0482 e. The first-order chi connectivity index (χ1) is 38.7. The summed E-state index contributed by atoms with van der Waals surface area (Å²) in [5, 5.41) is 0. The largest absolute Gasteiger partial charge is 0.310 e. The normalized spacial score (nSPS) is 11.1. The van der Waals surface area contributed by atoms with E-state index in [1.807, 2.05) is 0 Å². The number of rotatable bonds is 6. The van der Waals surface area contributed by atoms with Crippen LogP contribution in [0, 0.1) is 0 Å². The molecule has 6 nitrogen and oxygen atoms in total. The van der Waals surface area contributed by atoms with Gasteiger partial charge in [-0.1, -0.05) is 146 Å². The lowest BCUT2D eigenvalue weighted by Gasteiger charge is -2.17. The van der Waals surface area contributed by atoms with Crippen molar-refractivity contribution in [1.29, 1.82) is 0 Å². The molecule has 0 aliphatic heterocycles. The highest BCUT2D eigenvalue weighted by atomic mass is 15.0. The van der Waals surface area contributed by atoms with Crippen LogP contribution in [0.15, 0.2) is 328 Å². The van der Waals surface area contributed by atoms with Crippen LogP contribution in [0.2, 0.25) is 0 Å². The van der Waals surface area contributed by atoms with Gasteiger partial charge in [-0.3, -0.25) is 0 Å². The summed E-state index contributed by atoms with van der Waals surface area (Å²) >= 11 is 0. The van der Waals surface area contributed by atoms with Gasteiger partial charge in [-0.2, -0.15) is 0 Å². The summed E-state index contributed by atoms with van der Waals surface area (Å²) in [5.74, 6) is 0. The number of para-hydroxylation sites is 6. The van der Waals surface area contributed by atoms with Gasteiger partial charge < -0.3 is 27.4 Å². The topological polar surface area (TPSA) is 29.6 Å². The second-order valence-corrected chi connectivity index (χ2v) is 19.1. The van der Waals surface area contributed by atoms with E-state index in [1.165, 1.54) is 0 Å². The fourth-order valence-corrected chi connectivity index (χ4v) is 10.8. The van der Waals surface area contributed by atoms with E-state index >= 15 is 0 Å². The summed E-state index contributed by atoms with van der Waals surface area (Å²) in [6.07, 6.45) is 0. The van der Waals surface area contributed by atoms with Gasteiger partial charge >= 0.3 is 0 Å². The predicted molar refractivity (Wildman–Crippen MR) is 327 cm³/mol. The van der Waals surface area contributed by atoms with Crippen LogP contribution in [-0.4, -0.2) is 27.4 Å². The van der Waals surface area contributed by atoms with Crippen LogP contribution in [0.5, 0.6) is 0 Å². The first-order valence-electron chi connectivity index (χ1n) is 26.4. The van der Waals surface area contributed by atoms with Crippen molar-refractivity contribution in [3.8, 4) is 34.1 Å². The first-order valence-corrected chi connectivity index (χ1v) is 26.4. The Kier molecular flexibility index (Phi) is 12.9. The zero-order valence-corrected chi connectivity index (χ0v) is 42.9. The minimum atomic E-state index is 1.02. The van der Waals surface area contributed by atoms with Crippen LogP contribution in [0.4, 0.5) is 0 Å². The maximum atomic E-state index is 2.36. The van der Waals surface area contributed by atoms with Crippen LogP contribution in [-0.2, 0) is 0 Å². The third kappa shape index (κ3) is 9.47. The summed E-state index contributed by atoms with van der Waals surface area (Å²) in [4.78, 5) is 0. The number of nitrogens with zero attached hydrogens (tertiary/aromatic N) is 6. The SMILES string of the molecule is c1ccc(-n2c3cccc(c3)n(-c3ccccc3)c3cccc(c3)n(-c3ccccc3)c3cccc(c3)n(-c3ccccc3)c3cccc(c3)n(-c3ccccc3)c3cccc(c3)n(-c3ccccc3)c3cccc2c3)cc1. The summed E-state index contributed by atoms with van der Waals surface area (Å²) < 4.78 is 14.2. The summed E-state index contributed by atoms with van der Waals surface area (Å²) in [7, 11) is 0. The fourth-order valence-electron chi connectivity index (χ4n) is 10.8. The highest BCUT2D eigenvalue weighted by molar-refractivity contribution is 5.80. The van der Waals surface area contributed by atoms with E-state index in [0.29, 0.717) is 0 Å². The van der Waals surface area contributed by atoms with Gasteiger partial charge in [-0.25, -0.2) is 0 Å². The molecule has 0 amide bonds. The number of fused-ring (bicyclic) bond motifs is 12. The predicted octanol–water partition coefficient (Wildman–Crippen LogP) is 18.4. The van der Waals surface area contributed by atoms with Crippen LogP contribution in [0.3, 0.4) is 0 Å². The van der Waals surface area contributed by atoms with Gasteiger partial charge in [0.25, 0.3) is 0 Å². The van der Waals surface area contributed by atoms with E-state index in [4.69, 9.17) is 0 Å². The highest BCUT2D eigenvalue weighted by Crippen LogP contribution is 2.28. The quantitative estimate of drug-likeness (QED) is 0.159. The van der Waals surface area contributed by atoms with E-state index < -0.39 is 0 Å². The molecular formula is C72H54N6. The van der Waals surface area contributed by atoms with Crippen molar-refractivity contribution in [2.24, 2.45) is 0 Å². The molecule has 0 saturated heterocycles. The summed E-state index contributed by atoms with van der Waals surface area (Å²) in [6.45, 7) is 0. The zero-order valence-electron chi connectivity index (χ0n) is 42.9. The second kappa shape index (κ2) is 21.4. The lowest BCUT2D eigenvalue weighted by molar-refractivity contribution is 1.12. The van der Waals surface area contributed by atoms with Crippen molar-refractivity contribution >= 4 is 66.2 Å². The van der Waals surface area contributed by atoms with Crippen LogP contribution in [0.1, 0.15) is 0 Å². The summed E-state index contributed by atoms with van der Waals surface area (Å²) in [6, 6.07) is 117. The van der Waals surface area contributed by atoms with E-state index in [0.717, 1.165) is 100 Å². The van der Waals surface area contributed by atoms with Crippen molar-refractivity contribution < 1.29 is 0 Å². The van der Waals surface area contributed by atoms with Gasteiger partial charge in [0.05, 0.1) is 0 Å². The van der Waals surface area contributed by atoms with Crippen molar-refractivity contribution in [3.05, 3.63) is 328 Å². The molecule has 372 valence electrons. The Morgan fingerprint density at radius 1 is 0.115 bits per heavy atom. The van der Waals surface area contributed by atoms with E-state index in [2.05, 4.69) is 355 Å². The molecule has 0 spiro atoms. The number of hydrogen-bond acceptors (Lipinski definition) is 0. The molecule has 0 radical (unpaired) electrons. The van der Waals surface area contributed by atoms with Gasteiger partial charge in [0.1, 0.15) is 0 Å². The molecule has 0 atom stereocenters. The third-order valence-electron chi connectivity index (χ3n) is 14.2. The standard InChI is InChI=1S/C72H54N6/c1-7-25-55(26-8-1)73-61-37-19-39-63(49-61)74(56-27-9-2-10-28-56)65-41-21-43-67(51-65)76(58-31-13-4-14-32-58)69-45-23-47-71(53-69)78(60-35-17-6-18-36-60)72-48-24-46-70(54-72)77(59-33-15-5-16-34-59)68-44-22-42-66(52-68)75(57-29-11-3-12-30-57)64-40-20-38-62(73)50-64/h1-54H. The molecule has 13 rings (SSSR count). The Morgan fingerprint density at radius 2 is 0.231 bits per heavy atom. The van der Waals surface area contributed by atoms with E-state index in [-0.39, 0.29) is 0 Å². The fraction of sp³-hybridized carbons (Fsp3) is 0. The van der Waals surface area contributed by atoms with Crippen LogP contribution in [0.25, 0.3) is 100 Å². The van der Waals surface area contributed by atoms with Gasteiger partial charge in [-0.15, -0.1) is 0 Å². The Bertz CT molecular complexity index is 3670. The Labute approximate surface area is 453 Å².